The number of nitrogens with one attached hydrogen (secondary N) is 1. The number of benzene rings is 1. The van der Waals surface area contributed by atoms with Gasteiger partial charge >= 0.3 is 6.02 Å². The molecule has 2 rings (SSSR count). The Labute approximate surface area is 110 Å². The van der Waals surface area contributed by atoms with Gasteiger partial charge in [-0.2, -0.15) is 8.42 Å². The molecule has 100 valence electrons. The van der Waals surface area contributed by atoms with Crippen LogP contribution in [0.25, 0.3) is 0 Å². The lowest BCUT2D eigenvalue weighted by molar-refractivity contribution is 0.228. The van der Waals surface area contributed by atoms with Crippen LogP contribution in [0, 0.1) is 0 Å². The Bertz CT molecular complexity index is 584. The Hall–Kier alpha value is -1.31. The fourth-order valence-electron chi connectivity index (χ4n) is 1.38. The van der Waals surface area contributed by atoms with Crippen molar-refractivity contribution in [2.45, 2.75) is 24.8 Å². The minimum atomic E-state index is -3.74. The zero-order chi connectivity index (χ0) is 12.6. The number of rotatable bonds is 1. The Kier molecular flexibility index (Phi) is 4.20. The number of hydrogen-bond acceptors (Lipinski definition) is 4. The molecule has 0 spiro atoms. The SMILES string of the molecule is CC(C)OC1=NS(=O)(=O)c2cc(Cl)ccc2N1.O. The second-order valence-corrected chi connectivity index (χ2v) is 5.81. The third-order valence-corrected chi connectivity index (χ3v) is 3.55. The van der Waals surface area contributed by atoms with Crippen LogP contribution < -0.4 is 5.32 Å². The molecule has 0 saturated carbocycles. The maximum atomic E-state index is 11.9. The van der Waals surface area contributed by atoms with Crippen molar-refractivity contribution >= 4 is 33.3 Å². The van der Waals surface area contributed by atoms with E-state index >= 15 is 0 Å². The number of anilines is 1. The zero-order valence-electron chi connectivity index (χ0n) is 9.77. The van der Waals surface area contributed by atoms with Crippen LogP contribution in [-0.2, 0) is 14.8 Å². The van der Waals surface area contributed by atoms with E-state index in [9.17, 15) is 8.42 Å². The molecule has 6 nitrogen and oxygen atoms in total. The van der Waals surface area contributed by atoms with E-state index in [4.69, 9.17) is 16.3 Å². The number of sulfonamides is 1. The number of fused-ring (bicyclic) bond motifs is 1. The van der Waals surface area contributed by atoms with Gasteiger partial charge in [-0.15, -0.1) is 4.40 Å². The molecular weight excluding hydrogens is 280 g/mol. The van der Waals surface area contributed by atoms with E-state index in [1.165, 1.54) is 6.07 Å². The van der Waals surface area contributed by atoms with Crippen LogP contribution in [0.15, 0.2) is 27.5 Å². The number of nitrogens with zero attached hydrogens (tertiary/aromatic N) is 1. The van der Waals surface area contributed by atoms with Crippen molar-refractivity contribution in [3.05, 3.63) is 23.2 Å². The summed E-state index contributed by atoms with van der Waals surface area (Å²) >= 11 is 5.75. The lowest BCUT2D eigenvalue weighted by Crippen LogP contribution is -2.26. The molecule has 3 N–H and O–H groups in total. The van der Waals surface area contributed by atoms with Crippen LogP contribution in [0.2, 0.25) is 5.02 Å². The molecule has 1 aliphatic rings. The van der Waals surface area contributed by atoms with E-state index < -0.39 is 10.0 Å². The van der Waals surface area contributed by atoms with Crippen molar-refractivity contribution in [3.63, 3.8) is 0 Å². The highest BCUT2D eigenvalue weighted by atomic mass is 35.5. The Morgan fingerprint density at radius 1 is 1.39 bits per heavy atom. The van der Waals surface area contributed by atoms with Gasteiger partial charge in [0.2, 0.25) is 0 Å². The van der Waals surface area contributed by atoms with Crippen LogP contribution in [0.3, 0.4) is 0 Å². The van der Waals surface area contributed by atoms with Crippen LogP contribution in [0.5, 0.6) is 0 Å². The highest BCUT2D eigenvalue weighted by molar-refractivity contribution is 7.90. The standard InChI is InChI=1S/C10H11ClN2O3S.H2O/c1-6(2)16-10-12-8-4-3-7(11)5-9(8)17(14,15)13-10;/h3-6H,1-2H3,(H,12,13);1H2. The molecule has 0 amide bonds. The highest BCUT2D eigenvalue weighted by Gasteiger charge is 2.26. The summed E-state index contributed by atoms with van der Waals surface area (Å²) in [4.78, 5) is 0.0566. The van der Waals surface area contributed by atoms with Gasteiger partial charge in [0.05, 0.1) is 11.8 Å². The predicted molar refractivity (Wildman–Crippen MR) is 69.5 cm³/mol. The molecule has 1 heterocycles. The smallest absolute Gasteiger partial charge is 0.305 e. The van der Waals surface area contributed by atoms with E-state index in [2.05, 4.69) is 9.71 Å². The third-order valence-electron chi connectivity index (χ3n) is 2.01. The number of hydrogen-bond donors (Lipinski definition) is 1. The lowest BCUT2D eigenvalue weighted by atomic mass is 10.3. The van der Waals surface area contributed by atoms with E-state index in [1.807, 2.05) is 0 Å². The second kappa shape index (κ2) is 5.13. The summed E-state index contributed by atoms with van der Waals surface area (Å²) in [6.45, 7) is 3.57. The molecule has 0 unspecified atom stereocenters. The summed E-state index contributed by atoms with van der Waals surface area (Å²) in [6, 6.07) is 4.51. The van der Waals surface area contributed by atoms with Crippen LogP contribution in [0.1, 0.15) is 13.8 Å². The first kappa shape index (κ1) is 14.7. The number of halogens is 1. The molecule has 1 aliphatic heterocycles. The van der Waals surface area contributed by atoms with Gasteiger partial charge in [0.15, 0.2) is 0 Å². The molecule has 0 bridgehead atoms. The van der Waals surface area contributed by atoms with Gasteiger partial charge in [-0.25, -0.2) is 0 Å². The number of amidine groups is 1. The van der Waals surface area contributed by atoms with Gasteiger partial charge in [0.25, 0.3) is 10.0 Å². The average molecular weight is 293 g/mol. The van der Waals surface area contributed by atoms with Gasteiger partial charge < -0.3 is 15.5 Å². The van der Waals surface area contributed by atoms with E-state index in [0.717, 1.165) is 0 Å². The summed E-state index contributed by atoms with van der Waals surface area (Å²) < 4.78 is 32.5. The van der Waals surface area contributed by atoms with Crippen LogP contribution in [-0.4, -0.2) is 26.0 Å². The molecule has 0 radical (unpaired) electrons. The molecule has 1 aromatic rings. The van der Waals surface area contributed by atoms with Gasteiger partial charge in [-0.3, -0.25) is 0 Å². The summed E-state index contributed by atoms with van der Waals surface area (Å²) in [6.07, 6.45) is -0.162. The zero-order valence-corrected chi connectivity index (χ0v) is 11.3. The normalized spacial score (nSPS) is 16.1. The monoisotopic (exact) mass is 292 g/mol. The highest BCUT2D eigenvalue weighted by Crippen LogP contribution is 2.29. The summed E-state index contributed by atoms with van der Waals surface area (Å²) in [5, 5.41) is 3.15. The maximum absolute atomic E-state index is 11.9. The van der Waals surface area contributed by atoms with Crippen LogP contribution in [0.4, 0.5) is 5.69 Å². The molecule has 0 saturated heterocycles. The molecule has 18 heavy (non-hydrogen) atoms. The van der Waals surface area contributed by atoms with Gasteiger partial charge in [0.1, 0.15) is 4.90 Å². The predicted octanol–water partition coefficient (Wildman–Crippen LogP) is 1.41. The number of ether oxygens (including phenoxy) is 1. The molecular formula is C10H13ClN2O4S. The largest absolute Gasteiger partial charge is 0.462 e. The summed E-state index contributed by atoms with van der Waals surface area (Å²) in [5.74, 6) is 0. The molecule has 1 aromatic carbocycles. The molecule has 0 aromatic heterocycles. The first-order valence-electron chi connectivity index (χ1n) is 4.97. The molecule has 0 atom stereocenters. The first-order chi connectivity index (χ1) is 7.88. The van der Waals surface area contributed by atoms with Crippen molar-refractivity contribution in [1.29, 1.82) is 0 Å². The van der Waals surface area contributed by atoms with Gasteiger partial charge in [-0.05, 0) is 32.0 Å². The van der Waals surface area contributed by atoms with Crippen molar-refractivity contribution in [2.24, 2.45) is 4.40 Å². The Balaban J connectivity index is 0.00000162. The van der Waals surface area contributed by atoms with Gasteiger partial charge in [-0.1, -0.05) is 11.6 Å². The minimum absolute atomic E-state index is 0. The summed E-state index contributed by atoms with van der Waals surface area (Å²) in [7, 11) is -3.74. The first-order valence-corrected chi connectivity index (χ1v) is 6.78. The molecule has 8 heteroatoms. The molecule has 0 fully saturated rings. The van der Waals surface area contributed by atoms with E-state index in [-0.39, 0.29) is 22.5 Å². The third kappa shape index (κ3) is 2.92. The quantitative estimate of drug-likeness (QED) is 0.846. The van der Waals surface area contributed by atoms with Crippen molar-refractivity contribution in [2.75, 3.05) is 5.32 Å². The van der Waals surface area contributed by atoms with E-state index in [0.29, 0.717) is 10.7 Å². The van der Waals surface area contributed by atoms with Crippen molar-refractivity contribution in [1.82, 2.24) is 0 Å². The molecule has 0 aliphatic carbocycles. The fraction of sp³-hybridized carbons (Fsp3) is 0.300. The Morgan fingerprint density at radius 3 is 2.67 bits per heavy atom. The topological polar surface area (TPSA) is 99.3 Å². The lowest BCUT2D eigenvalue weighted by Gasteiger charge is -2.19. The van der Waals surface area contributed by atoms with Crippen molar-refractivity contribution in [3.8, 4) is 0 Å². The summed E-state index contributed by atoms with van der Waals surface area (Å²) in [5.41, 5.74) is 0.417. The maximum Gasteiger partial charge on any atom is 0.305 e. The van der Waals surface area contributed by atoms with E-state index in [1.54, 1.807) is 26.0 Å². The van der Waals surface area contributed by atoms with Gasteiger partial charge in [0, 0.05) is 5.02 Å². The second-order valence-electron chi connectivity index (χ2n) is 3.80. The average Bonchev–Trinajstić information content (AvgIpc) is 2.17. The Morgan fingerprint density at radius 2 is 2.06 bits per heavy atom. The minimum Gasteiger partial charge on any atom is -0.462 e. The van der Waals surface area contributed by atoms with Crippen molar-refractivity contribution < 1.29 is 18.6 Å². The van der Waals surface area contributed by atoms with Crippen LogP contribution >= 0.6 is 11.6 Å². The fourth-order valence-corrected chi connectivity index (χ4v) is 2.70.